The first-order valence-corrected chi connectivity index (χ1v) is 15.8. The Morgan fingerprint density at radius 2 is 1.33 bits per heavy atom. The summed E-state index contributed by atoms with van der Waals surface area (Å²) in [5.41, 5.74) is 5.77. The van der Waals surface area contributed by atoms with Crippen LogP contribution in [0.5, 0.6) is 0 Å². The molecule has 4 atom stereocenters. The predicted octanol–water partition coefficient (Wildman–Crippen LogP) is 6.87. The lowest BCUT2D eigenvalue weighted by Crippen LogP contribution is -2.44. The molecule has 1 aliphatic heterocycles. The minimum absolute atomic E-state index is 0.0217. The molecule has 1 fully saturated rings. The van der Waals surface area contributed by atoms with E-state index in [0.29, 0.717) is 12.2 Å². The fraction of sp³-hybridized carbons (Fsp3) is 0.316. The molecule has 8 heteroatoms. The van der Waals surface area contributed by atoms with Gasteiger partial charge in [-0.3, -0.25) is 14.5 Å². The van der Waals surface area contributed by atoms with Gasteiger partial charge < -0.3 is 25.0 Å². The lowest BCUT2D eigenvalue weighted by Gasteiger charge is -2.43. The van der Waals surface area contributed by atoms with Crippen molar-refractivity contribution in [3.63, 3.8) is 0 Å². The summed E-state index contributed by atoms with van der Waals surface area (Å²) in [5.74, 6) is -1.12. The quantitative estimate of drug-likeness (QED) is 0.141. The third kappa shape index (κ3) is 9.34. The Labute approximate surface area is 270 Å². The number of carboxylic acid groups (broad SMARTS) is 1. The van der Waals surface area contributed by atoms with E-state index >= 15 is 0 Å². The van der Waals surface area contributed by atoms with Crippen LogP contribution in [0.1, 0.15) is 66.4 Å². The number of hydrogen-bond acceptors (Lipinski definition) is 6. The number of carbonyl (C=O) groups excluding carboxylic acids is 1. The molecule has 3 N–H and O–H groups in total. The van der Waals surface area contributed by atoms with Crippen LogP contribution in [-0.2, 0) is 38.8 Å². The SMILES string of the molecule is CC1C(CN(Cc2ccccc2)Cc2ccccc2)OC(c2ccc(NC(=O)CCCC(=O)O)cc2)OC1c1ccc(CO)cc1. The van der Waals surface area contributed by atoms with Gasteiger partial charge in [0.25, 0.3) is 0 Å². The highest BCUT2D eigenvalue weighted by Gasteiger charge is 2.39. The van der Waals surface area contributed by atoms with Crippen molar-refractivity contribution in [1.29, 1.82) is 0 Å². The van der Waals surface area contributed by atoms with Gasteiger partial charge >= 0.3 is 5.97 Å². The van der Waals surface area contributed by atoms with Gasteiger partial charge in [0, 0.05) is 49.6 Å². The first-order chi connectivity index (χ1) is 22.4. The summed E-state index contributed by atoms with van der Waals surface area (Å²) in [7, 11) is 0. The van der Waals surface area contributed by atoms with Crippen LogP contribution in [0.4, 0.5) is 5.69 Å². The highest BCUT2D eigenvalue weighted by molar-refractivity contribution is 5.90. The first kappa shape index (κ1) is 33.0. The van der Waals surface area contributed by atoms with E-state index in [-0.39, 0.29) is 49.9 Å². The maximum atomic E-state index is 12.3. The van der Waals surface area contributed by atoms with Gasteiger partial charge in [0.05, 0.1) is 18.8 Å². The largest absolute Gasteiger partial charge is 0.481 e. The molecule has 4 aromatic carbocycles. The predicted molar refractivity (Wildman–Crippen MR) is 177 cm³/mol. The zero-order valence-corrected chi connectivity index (χ0v) is 26.1. The number of benzene rings is 4. The summed E-state index contributed by atoms with van der Waals surface area (Å²) < 4.78 is 13.4. The number of aliphatic hydroxyl groups excluding tert-OH is 1. The summed E-state index contributed by atoms with van der Waals surface area (Å²) in [6, 6.07) is 36.2. The van der Waals surface area contributed by atoms with Crippen LogP contribution in [-0.4, -0.2) is 39.6 Å². The summed E-state index contributed by atoms with van der Waals surface area (Å²) in [4.78, 5) is 25.5. The van der Waals surface area contributed by atoms with Gasteiger partial charge in [-0.2, -0.15) is 0 Å². The number of ether oxygens (including phenoxy) is 2. The van der Waals surface area contributed by atoms with Crippen LogP contribution >= 0.6 is 0 Å². The molecule has 0 radical (unpaired) electrons. The van der Waals surface area contributed by atoms with E-state index in [1.54, 1.807) is 0 Å². The Bertz CT molecular complexity index is 1490. The Kier molecular flexibility index (Phi) is 11.7. The molecule has 0 saturated carbocycles. The molecule has 1 heterocycles. The van der Waals surface area contributed by atoms with Gasteiger partial charge in [-0.15, -0.1) is 0 Å². The molecule has 1 aliphatic rings. The first-order valence-electron chi connectivity index (χ1n) is 15.8. The number of nitrogens with one attached hydrogen (secondary N) is 1. The number of aliphatic hydroxyl groups is 1. The molecule has 0 aliphatic carbocycles. The lowest BCUT2D eigenvalue weighted by atomic mass is 9.89. The standard InChI is InChI=1S/C38H42N2O6/c1-27-34(25-40(23-28-9-4-2-5-10-28)24-29-11-6-3-7-12-29)45-38(46-37(27)31-17-15-30(26-41)16-18-31)32-19-21-33(22-20-32)39-35(42)13-8-14-36(43)44/h2-7,9-12,15-22,27,34,37-38,41H,8,13-14,23-26H2,1H3,(H,39,42)(H,43,44). The number of aliphatic carboxylic acids is 1. The van der Waals surface area contributed by atoms with Crippen molar-refractivity contribution < 1.29 is 29.3 Å². The van der Waals surface area contributed by atoms with Crippen molar-refractivity contribution >= 4 is 17.6 Å². The maximum Gasteiger partial charge on any atom is 0.303 e. The monoisotopic (exact) mass is 622 g/mol. The fourth-order valence-corrected chi connectivity index (χ4v) is 5.80. The number of hydrogen-bond donors (Lipinski definition) is 3. The summed E-state index contributed by atoms with van der Waals surface area (Å²) in [6.45, 7) is 4.36. The van der Waals surface area contributed by atoms with Gasteiger partial charge in [0.2, 0.25) is 5.91 Å². The highest BCUT2D eigenvalue weighted by Crippen LogP contribution is 2.42. The van der Waals surface area contributed by atoms with Crippen LogP contribution in [0, 0.1) is 5.92 Å². The molecule has 4 aromatic rings. The molecule has 46 heavy (non-hydrogen) atoms. The van der Waals surface area contributed by atoms with Crippen LogP contribution in [0.25, 0.3) is 0 Å². The number of carbonyl (C=O) groups is 2. The molecule has 5 rings (SSSR count). The van der Waals surface area contributed by atoms with E-state index in [1.165, 1.54) is 11.1 Å². The number of nitrogens with zero attached hydrogens (tertiary/aromatic N) is 1. The Morgan fingerprint density at radius 3 is 1.89 bits per heavy atom. The number of amides is 1. The van der Waals surface area contributed by atoms with Gasteiger partial charge in [-0.05, 0) is 40.8 Å². The topological polar surface area (TPSA) is 108 Å². The van der Waals surface area contributed by atoms with Gasteiger partial charge in [-0.25, -0.2) is 0 Å². The van der Waals surface area contributed by atoms with E-state index in [4.69, 9.17) is 14.6 Å². The van der Waals surface area contributed by atoms with Crippen LogP contribution in [0.3, 0.4) is 0 Å². The lowest BCUT2D eigenvalue weighted by molar-refractivity contribution is -0.276. The Balaban J connectivity index is 1.37. The molecular formula is C38H42N2O6. The molecule has 1 amide bonds. The van der Waals surface area contributed by atoms with Crippen molar-refractivity contribution in [2.24, 2.45) is 5.92 Å². The van der Waals surface area contributed by atoms with Gasteiger partial charge in [0.15, 0.2) is 6.29 Å². The number of carboxylic acids is 1. The summed E-state index contributed by atoms with van der Waals surface area (Å²) in [6.07, 6.45) is -0.668. The molecule has 0 spiro atoms. The van der Waals surface area contributed by atoms with Crippen LogP contribution < -0.4 is 5.32 Å². The second kappa shape index (κ2) is 16.3. The number of rotatable bonds is 14. The maximum absolute atomic E-state index is 12.3. The average molecular weight is 623 g/mol. The van der Waals surface area contributed by atoms with Crippen molar-refractivity contribution in [3.05, 3.63) is 137 Å². The molecular weight excluding hydrogens is 580 g/mol. The molecule has 0 aromatic heterocycles. The minimum atomic E-state index is -0.914. The zero-order valence-electron chi connectivity index (χ0n) is 26.1. The molecule has 8 nitrogen and oxygen atoms in total. The van der Waals surface area contributed by atoms with Crippen molar-refractivity contribution in [3.8, 4) is 0 Å². The van der Waals surface area contributed by atoms with E-state index in [0.717, 1.165) is 29.8 Å². The van der Waals surface area contributed by atoms with Crippen molar-refractivity contribution in [2.75, 3.05) is 11.9 Å². The third-order valence-electron chi connectivity index (χ3n) is 8.32. The second-order valence-corrected chi connectivity index (χ2v) is 11.9. The Morgan fingerprint density at radius 1 is 0.739 bits per heavy atom. The highest BCUT2D eigenvalue weighted by atomic mass is 16.7. The third-order valence-corrected chi connectivity index (χ3v) is 8.32. The normalized spacial score (nSPS) is 19.5. The van der Waals surface area contributed by atoms with Crippen molar-refractivity contribution in [1.82, 2.24) is 4.90 Å². The second-order valence-electron chi connectivity index (χ2n) is 11.9. The summed E-state index contributed by atoms with van der Waals surface area (Å²) >= 11 is 0. The smallest absolute Gasteiger partial charge is 0.303 e. The van der Waals surface area contributed by atoms with Gasteiger partial charge in [0.1, 0.15) is 0 Å². The molecule has 1 saturated heterocycles. The number of anilines is 1. The van der Waals surface area contributed by atoms with Gasteiger partial charge in [-0.1, -0.05) is 104 Å². The van der Waals surface area contributed by atoms with E-state index in [9.17, 15) is 14.7 Å². The fourth-order valence-electron chi connectivity index (χ4n) is 5.80. The Hall–Kier alpha value is -4.34. The van der Waals surface area contributed by atoms with E-state index in [2.05, 4.69) is 65.7 Å². The molecule has 0 bridgehead atoms. The van der Waals surface area contributed by atoms with Crippen molar-refractivity contribution in [2.45, 2.75) is 64.4 Å². The zero-order chi connectivity index (χ0) is 32.3. The van der Waals surface area contributed by atoms with Crippen LogP contribution in [0.15, 0.2) is 109 Å². The van der Waals surface area contributed by atoms with Crippen LogP contribution in [0.2, 0.25) is 0 Å². The average Bonchev–Trinajstić information content (AvgIpc) is 3.07. The molecule has 4 unspecified atom stereocenters. The molecule has 240 valence electrons. The van der Waals surface area contributed by atoms with E-state index in [1.807, 2.05) is 60.7 Å². The van der Waals surface area contributed by atoms with E-state index < -0.39 is 12.3 Å². The summed E-state index contributed by atoms with van der Waals surface area (Å²) in [5, 5.41) is 21.3. The minimum Gasteiger partial charge on any atom is -0.481 e.